The van der Waals surface area contributed by atoms with Gasteiger partial charge in [-0.1, -0.05) is 30.3 Å². The summed E-state index contributed by atoms with van der Waals surface area (Å²) < 4.78 is 1.57. The number of fused-ring (bicyclic) bond motifs is 1. The van der Waals surface area contributed by atoms with Gasteiger partial charge in [-0.25, -0.2) is 4.98 Å². The molecule has 0 radical (unpaired) electrons. The molecule has 19 heavy (non-hydrogen) atoms. The summed E-state index contributed by atoms with van der Waals surface area (Å²) in [6.45, 7) is 1.85. The number of benzene rings is 1. The lowest BCUT2D eigenvalue weighted by Crippen LogP contribution is -2.21. The molecule has 0 saturated carbocycles. The molecule has 1 aromatic carbocycles. The van der Waals surface area contributed by atoms with E-state index >= 15 is 0 Å². The lowest BCUT2D eigenvalue weighted by molar-refractivity contribution is 0.779. The molecule has 0 aliphatic heterocycles. The molecule has 3 rings (SSSR count). The third kappa shape index (κ3) is 1.97. The smallest absolute Gasteiger partial charge is 0.266 e. The largest absolute Gasteiger partial charge is 0.323 e. The van der Waals surface area contributed by atoms with E-state index in [1.54, 1.807) is 10.6 Å². The van der Waals surface area contributed by atoms with E-state index in [1.165, 1.54) is 11.3 Å². The van der Waals surface area contributed by atoms with Crippen LogP contribution in [0, 0.1) is 0 Å². The highest BCUT2D eigenvalue weighted by Crippen LogP contribution is 2.23. The fraction of sp³-hybridized carbons (Fsp3) is 0.143. The van der Waals surface area contributed by atoms with Crippen LogP contribution < -0.4 is 11.3 Å². The molecule has 2 aromatic heterocycles. The zero-order chi connectivity index (χ0) is 13.4. The molecule has 3 aromatic rings. The van der Waals surface area contributed by atoms with Gasteiger partial charge in [0.2, 0.25) is 0 Å². The molecule has 0 amide bonds. The number of nitrogens with two attached hydrogens (primary N) is 1. The van der Waals surface area contributed by atoms with Gasteiger partial charge >= 0.3 is 0 Å². The molecule has 0 bridgehead atoms. The van der Waals surface area contributed by atoms with E-state index in [4.69, 9.17) is 5.73 Å². The maximum Gasteiger partial charge on any atom is 0.266 e. The lowest BCUT2D eigenvalue weighted by atomic mass is 10.0. The first kappa shape index (κ1) is 12.1. The quantitative estimate of drug-likeness (QED) is 0.778. The third-order valence-corrected chi connectivity index (χ3v) is 3.74. The number of aromatic nitrogens is 2. The highest BCUT2D eigenvalue weighted by atomic mass is 32.1. The van der Waals surface area contributed by atoms with Crippen molar-refractivity contribution in [2.75, 3.05) is 0 Å². The summed E-state index contributed by atoms with van der Waals surface area (Å²) in [7, 11) is 0. The number of nitrogens with zero attached hydrogens (tertiary/aromatic N) is 2. The molecule has 0 aliphatic carbocycles. The highest BCUT2D eigenvalue weighted by Gasteiger charge is 2.17. The van der Waals surface area contributed by atoms with Gasteiger partial charge in [0.05, 0.1) is 11.3 Å². The summed E-state index contributed by atoms with van der Waals surface area (Å²) in [6, 6.07) is 9.26. The van der Waals surface area contributed by atoms with Crippen LogP contribution in [0.15, 0.2) is 46.7 Å². The van der Waals surface area contributed by atoms with Crippen molar-refractivity contribution in [2.45, 2.75) is 13.0 Å². The molecule has 1 atom stereocenters. The second-order valence-electron chi connectivity index (χ2n) is 4.39. The molecule has 2 N–H and O–H groups in total. The second kappa shape index (κ2) is 4.60. The topological polar surface area (TPSA) is 60.4 Å². The molecular formula is C14H13N3OS. The van der Waals surface area contributed by atoms with Crippen molar-refractivity contribution in [3.63, 3.8) is 0 Å². The molecule has 96 valence electrons. The van der Waals surface area contributed by atoms with Gasteiger partial charge in [-0.05, 0) is 12.5 Å². The van der Waals surface area contributed by atoms with Crippen LogP contribution in [-0.2, 0) is 0 Å². The lowest BCUT2D eigenvalue weighted by Gasteiger charge is -2.11. The van der Waals surface area contributed by atoms with Gasteiger partial charge in [0.1, 0.15) is 0 Å². The minimum absolute atomic E-state index is 0.0650. The van der Waals surface area contributed by atoms with Gasteiger partial charge in [0.15, 0.2) is 4.96 Å². The molecule has 5 heteroatoms. The average molecular weight is 271 g/mol. The summed E-state index contributed by atoms with van der Waals surface area (Å²) in [5, 5.41) is 1.85. The van der Waals surface area contributed by atoms with Gasteiger partial charge in [0.25, 0.3) is 5.56 Å². The first-order valence-electron chi connectivity index (χ1n) is 5.99. The molecule has 0 spiro atoms. The van der Waals surface area contributed by atoms with E-state index in [0.717, 1.165) is 5.56 Å². The Labute approximate surface area is 114 Å². The number of thiazole rings is 1. The number of hydrogen-bond acceptors (Lipinski definition) is 4. The summed E-state index contributed by atoms with van der Waals surface area (Å²) in [6.07, 6.45) is 1.74. The second-order valence-corrected chi connectivity index (χ2v) is 5.26. The fourth-order valence-electron chi connectivity index (χ4n) is 2.10. The van der Waals surface area contributed by atoms with Gasteiger partial charge in [0, 0.05) is 17.6 Å². The van der Waals surface area contributed by atoms with Gasteiger partial charge in [-0.2, -0.15) is 0 Å². The van der Waals surface area contributed by atoms with Gasteiger partial charge < -0.3 is 5.73 Å². The Hall–Kier alpha value is -1.98. The zero-order valence-electron chi connectivity index (χ0n) is 10.4. The minimum atomic E-state index is -0.282. The average Bonchev–Trinajstić information content (AvgIpc) is 2.88. The highest BCUT2D eigenvalue weighted by molar-refractivity contribution is 7.15. The Morgan fingerprint density at radius 1 is 1.32 bits per heavy atom. The van der Waals surface area contributed by atoms with Crippen molar-refractivity contribution in [1.29, 1.82) is 0 Å². The Morgan fingerprint density at radius 2 is 2.05 bits per heavy atom. The van der Waals surface area contributed by atoms with E-state index in [0.29, 0.717) is 16.2 Å². The van der Waals surface area contributed by atoms with E-state index in [2.05, 4.69) is 4.98 Å². The first-order chi connectivity index (χ1) is 9.18. The van der Waals surface area contributed by atoms with E-state index < -0.39 is 0 Å². The van der Waals surface area contributed by atoms with Crippen LogP contribution in [0.25, 0.3) is 16.1 Å². The Kier molecular flexibility index (Phi) is 2.93. The van der Waals surface area contributed by atoms with Crippen molar-refractivity contribution in [3.8, 4) is 11.1 Å². The Bertz CT molecular complexity index is 774. The van der Waals surface area contributed by atoms with E-state index in [-0.39, 0.29) is 11.6 Å². The van der Waals surface area contributed by atoms with Crippen LogP contribution >= 0.6 is 11.3 Å². The fourth-order valence-corrected chi connectivity index (χ4v) is 2.81. The van der Waals surface area contributed by atoms with Crippen LogP contribution in [0.2, 0.25) is 0 Å². The normalized spacial score (nSPS) is 12.7. The van der Waals surface area contributed by atoms with Crippen LogP contribution in [0.5, 0.6) is 0 Å². The molecule has 1 unspecified atom stereocenters. The summed E-state index contributed by atoms with van der Waals surface area (Å²) >= 11 is 1.43. The predicted octanol–water partition coefficient (Wildman–Crippen LogP) is 2.44. The van der Waals surface area contributed by atoms with Crippen LogP contribution in [-0.4, -0.2) is 9.38 Å². The molecule has 0 aliphatic rings. The van der Waals surface area contributed by atoms with Gasteiger partial charge in [-0.15, -0.1) is 11.3 Å². The standard InChI is InChI=1S/C14H13N3OS/c1-9(15)12-11(10-5-3-2-4-6-10)13(18)17-7-8-19-14(17)16-12/h2-9H,15H2,1H3. The summed E-state index contributed by atoms with van der Waals surface area (Å²) in [5.74, 6) is 0. The minimum Gasteiger partial charge on any atom is -0.323 e. The number of rotatable bonds is 2. The molecule has 0 fully saturated rings. The maximum absolute atomic E-state index is 12.6. The van der Waals surface area contributed by atoms with Gasteiger partial charge in [-0.3, -0.25) is 9.20 Å². The molecule has 4 nitrogen and oxygen atoms in total. The van der Waals surface area contributed by atoms with Crippen LogP contribution in [0.3, 0.4) is 0 Å². The molecule has 2 heterocycles. The predicted molar refractivity (Wildman–Crippen MR) is 77.4 cm³/mol. The van der Waals surface area contributed by atoms with Crippen molar-refractivity contribution >= 4 is 16.3 Å². The van der Waals surface area contributed by atoms with Crippen molar-refractivity contribution in [3.05, 3.63) is 58.0 Å². The maximum atomic E-state index is 12.6. The van der Waals surface area contributed by atoms with E-state index in [1.807, 2.05) is 42.6 Å². The SMILES string of the molecule is CC(N)c1nc2sccn2c(=O)c1-c1ccccc1. The van der Waals surface area contributed by atoms with Crippen LogP contribution in [0.1, 0.15) is 18.7 Å². The monoisotopic (exact) mass is 271 g/mol. The van der Waals surface area contributed by atoms with Crippen molar-refractivity contribution in [2.24, 2.45) is 5.73 Å². The first-order valence-corrected chi connectivity index (χ1v) is 6.87. The summed E-state index contributed by atoms with van der Waals surface area (Å²) in [5.41, 5.74) is 8.00. The zero-order valence-corrected chi connectivity index (χ0v) is 11.2. The van der Waals surface area contributed by atoms with Crippen LogP contribution in [0.4, 0.5) is 0 Å². The Morgan fingerprint density at radius 3 is 2.74 bits per heavy atom. The van der Waals surface area contributed by atoms with E-state index in [9.17, 15) is 4.79 Å². The number of hydrogen-bond donors (Lipinski definition) is 1. The van der Waals surface area contributed by atoms with Crippen molar-refractivity contribution in [1.82, 2.24) is 9.38 Å². The molecule has 0 saturated heterocycles. The Balaban J connectivity index is 2.41. The third-order valence-electron chi connectivity index (χ3n) is 2.99. The molecular weight excluding hydrogens is 258 g/mol. The summed E-state index contributed by atoms with van der Waals surface area (Å²) in [4.78, 5) is 17.8. The van der Waals surface area contributed by atoms with Crippen molar-refractivity contribution < 1.29 is 0 Å².